The van der Waals surface area contributed by atoms with E-state index in [0.717, 1.165) is 6.42 Å². The molecule has 0 aliphatic heterocycles. The van der Waals surface area contributed by atoms with Crippen LogP contribution in [0.1, 0.15) is 18.9 Å². The SMILES string of the molecule is CCCN(CC(=O)OC)Cc1ccc(Cl)cc1F. The average molecular weight is 274 g/mol. The van der Waals surface area contributed by atoms with Gasteiger partial charge in [-0.05, 0) is 25.1 Å². The predicted molar refractivity (Wildman–Crippen MR) is 69.0 cm³/mol. The van der Waals surface area contributed by atoms with Gasteiger partial charge in [0.25, 0.3) is 0 Å². The number of ether oxygens (including phenoxy) is 1. The van der Waals surface area contributed by atoms with Crippen molar-refractivity contribution in [2.45, 2.75) is 19.9 Å². The van der Waals surface area contributed by atoms with Crippen molar-refractivity contribution in [1.82, 2.24) is 4.90 Å². The highest BCUT2D eigenvalue weighted by molar-refractivity contribution is 6.30. The van der Waals surface area contributed by atoms with Crippen LogP contribution in [0.3, 0.4) is 0 Å². The van der Waals surface area contributed by atoms with Crippen LogP contribution < -0.4 is 0 Å². The molecule has 0 fully saturated rings. The molecule has 1 rings (SSSR count). The summed E-state index contributed by atoms with van der Waals surface area (Å²) in [5.74, 6) is -0.675. The molecule has 0 unspecified atom stereocenters. The van der Waals surface area contributed by atoms with Gasteiger partial charge in [-0.25, -0.2) is 4.39 Å². The van der Waals surface area contributed by atoms with Crippen molar-refractivity contribution in [3.8, 4) is 0 Å². The quantitative estimate of drug-likeness (QED) is 0.747. The largest absolute Gasteiger partial charge is 0.468 e. The van der Waals surface area contributed by atoms with E-state index in [1.165, 1.54) is 13.2 Å². The number of esters is 1. The third-order valence-corrected chi connectivity index (χ3v) is 2.76. The summed E-state index contributed by atoms with van der Waals surface area (Å²) in [6.45, 7) is 3.23. The van der Waals surface area contributed by atoms with E-state index in [-0.39, 0.29) is 18.3 Å². The molecule has 0 aromatic heterocycles. The van der Waals surface area contributed by atoms with E-state index in [1.807, 2.05) is 11.8 Å². The Hall–Kier alpha value is -1.13. The summed E-state index contributed by atoms with van der Waals surface area (Å²) in [5.41, 5.74) is 0.525. The second-order valence-corrected chi connectivity index (χ2v) is 4.46. The zero-order chi connectivity index (χ0) is 13.5. The molecule has 0 saturated heterocycles. The van der Waals surface area contributed by atoms with E-state index in [1.54, 1.807) is 12.1 Å². The highest BCUT2D eigenvalue weighted by Gasteiger charge is 2.13. The highest BCUT2D eigenvalue weighted by atomic mass is 35.5. The average Bonchev–Trinajstić information content (AvgIpc) is 2.32. The topological polar surface area (TPSA) is 29.5 Å². The maximum Gasteiger partial charge on any atom is 0.319 e. The Kier molecular flexibility index (Phi) is 6.09. The third-order valence-electron chi connectivity index (χ3n) is 2.53. The molecule has 0 spiro atoms. The zero-order valence-electron chi connectivity index (χ0n) is 10.6. The summed E-state index contributed by atoms with van der Waals surface area (Å²) in [6, 6.07) is 4.55. The number of halogens is 2. The van der Waals surface area contributed by atoms with Crippen LogP contribution in [-0.2, 0) is 16.1 Å². The first-order chi connectivity index (χ1) is 8.56. The van der Waals surface area contributed by atoms with Gasteiger partial charge in [-0.2, -0.15) is 0 Å². The predicted octanol–water partition coefficient (Wildman–Crippen LogP) is 2.86. The van der Waals surface area contributed by atoms with Crippen LogP contribution in [0.15, 0.2) is 18.2 Å². The van der Waals surface area contributed by atoms with Gasteiger partial charge in [0.2, 0.25) is 0 Å². The lowest BCUT2D eigenvalue weighted by atomic mass is 10.2. The molecule has 3 nitrogen and oxygen atoms in total. The van der Waals surface area contributed by atoms with Crippen LogP contribution >= 0.6 is 11.6 Å². The molecular weight excluding hydrogens is 257 g/mol. The Morgan fingerprint density at radius 3 is 2.78 bits per heavy atom. The van der Waals surface area contributed by atoms with Gasteiger partial charge in [0.15, 0.2) is 0 Å². The van der Waals surface area contributed by atoms with Crippen molar-refractivity contribution in [2.24, 2.45) is 0 Å². The molecule has 0 atom stereocenters. The van der Waals surface area contributed by atoms with Gasteiger partial charge >= 0.3 is 5.97 Å². The van der Waals surface area contributed by atoms with E-state index in [4.69, 9.17) is 11.6 Å². The lowest BCUT2D eigenvalue weighted by Gasteiger charge is -2.20. The van der Waals surface area contributed by atoms with Crippen LogP contribution in [-0.4, -0.2) is 31.1 Å². The number of rotatable bonds is 6. The molecule has 0 saturated carbocycles. The fraction of sp³-hybridized carbons (Fsp3) is 0.462. The molecule has 0 amide bonds. The molecule has 0 N–H and O–H groups in total. The normalized spacial score (nSPS) is 10.7. The first-order valence-corrected chi connectivity index (χ1v) is 6.17. The molecule has 5 heteroatoms. The molecule has 0 heterocycles. The number of carbonyl (C=O) groups excluding carboxylic acids is 1. The molecule has 1 aromatic carbocycles. The molecule has 100 valence electrons. The molecule has 0 aliphatic rings. The van der Waals surface area contributed by atoms with Gasteiger partial charge in [0.05, 0.1) is 13.7 Å². The van der Waals surface area contributed by atoms with Crippen molar-refractivity contribution < 1.29 is 13.9 Å². The number of methoxy groups -OCH3 is 1. The summed E-state index contributed by atoms with van der Waals surface area (Å²) < 4.78 is 18.3. The van der Waals surface area contributed by atoms with Gasteiger partial charge < -0.3 is 4.74 Å². The van der Waals surface area contributed by atoms with Crippen molar-refractivity contribution in [1.29, 1.82) is 0 Å². The second kappa shape index (κ2) is 7.34. The monoisotopic (exact) mass is 273 g/mol. The Morgan fingerprint density at radius 1 is 1.50 bits per heavy atom. The van der Waals surface area contributed by atoms with Crippen LogP contribution in [0.5, 0.6) is 0 Å². The summed E-state index contributed by atoms with van der Waals surface area (Å²) in [5, 5.41) is 0.367. The number of hydrogen-bond donors (Lipinski definition) is 0. The number of hydrogen-bond acceptors (Lipinski definition) is 3. The first-order valence-electron chi connectivity index (χ1n) is 5.80. The van der Waals surface area contributed by atoms with Crippen molar-refractivity contribution in [2.75, 3.05) is 20.2 Å². The van der Waals surface area contributed by atoms with Crippen LogP contribution in [0.25, 0.3) is 0 Å². The molecule has 0 aliphatic carbocycles. The number of benzene rings is 1. The fourth-order valence-corrected chi connectivity index (χ4v) is 1.83. The van der Waals surface area contributed by atoms with Crippen LogP contribution in [0.2, 0.25) is 5.02 Å². The van der Waals surface area contributed by atoms with Gasteiger partial charge in [-0.15, -0.1) is 0 Å². The van der Waals surface area contributed by atoms with E-state index in [2.05, 4.69) is 4.74 Å². The summed E-state index contributed by atoms with van der Waals surface area (Å²) in [4.78, 5) is 13.1. The van der Waals surface area contributed by atoms with Gasteiger partial charge in [0.1, 0.15) is 5.82 Å². The van der Waals surface area contributed by atoms with Crippen molar-refractivity contribution >= 4 is 17.6 Å². The summed E-state index contributed by atoms with van der Waals surface area (Å²) in [6.07, 6.45) is 0.881. The lowest BCUT2D eigenvalue weighted by Crippen LogP contribution is -2.31. The minimum absolute atomic E-state index is 0.159. The Morgan fingerprint density at radius 2 is 2.22 bits per heavy atom. The standard InChI is InChI=1S/C13H17ClFNO2/c1-3-6-16(9-13(17)18-2)8-10-4-5-11(14)7-12(10)15/h4-5,7H,3,6,8-9H2,1-2H3. The second-order valence-electron chi connectivity index (χ2n) is 4.02. The van der Waals surface area contributed by atoms with Gasteiger partial charge in [0, 0.05) is 17.1 Å². The summed E-state index contributed by atoms with van der Waals surface area (Å²) >= 11 is 5.69. The fourth-order valence-electron chi connectivity index (χ4n) is 1.67. The first kappa shape index (κ1) is 14.9. The van der Waals surface area contributed by atoms with E-state index in [0.29, 0.717) is 23.7 Å². The Labute approximate surface area is 111 Å². The summed E-state index contributed by atoms with van der Waals surface area (Å²) in [7, 11) is 1.34. The Balaban J connectivity index is 2.72. The Bertz CT molecular complexity index is 412. The van der Waals surface area contributed by atoms with Gasteiger partial charge in [-0.3, -0.25) is 9.69 Å². The maximum absolute atomic E-state index is 13.6. The van der Waals surface area contributed by atoms with Crippen molar-refractivity contribution in [3.05, 3.63) is 34.6 Å². The number of nitrogens with zero attached hydrogens (tertiary/aromatic N) is 1. The van der Waals surface area contributed by atoms with Crippen molar-refractivity contribution in [3.63, 3.8) is 0 Å². The molecule has 0 bridgehead atoms. The van der Waals surface area contributed by atoms with Gasteiger partial charge in [-0.1, -0.05) is 24.6 Å². The van der Waals surface area contributed by atoms with E-state index in [9.17, 15) is 9.18 Å². The number of carbonyl (C=O) groups is 1. The lowest BCUT2D eigenvalue weighted by molar-refractivity contribution is -0.142. The zero-order valence-corrected chi connectivity index (χ0v) is 11.3. The molecule has 18 heavy (non-hydrogen) atoms. The minimum atomic E-state index is -0.353. The van der Waals surface area contributed by atoms with E-state index < -0.39 is 0 Å². The highest BCUT2D eigenvalue weighted by Crippen LogP contribution is 2.16. The molecule has 1 aromatic rings. The van der Waals surface area contributed by atoms with Crippen LogP contribution in [0, 0.1) is 5.82 Å². The minimum Gasteiger partial charge on any atom is -0.468 e. The van der Waals surface area contributed by atoms with E-state index >= 15 is 0 Å². The molecular formula is C13H17ClFNO2. The third kappa shape index (κ3) is 4.63. The maximum atomic E-state index is 13.6. The van der Waals surface area contributed by atoms with Crippen LogP contribution in [0.4, 0.5) is 4.39 Å². The smallest absolute Gasteiger partial charge is 0.319 e. The molecule has 0 radical (unpaired) electrons.